The SMILES string of the molecule is COc1cc(Br)c2[nH]c3ccccc3c2c1Br. The molecule has 0 amide bonds. The van der Waals surface area contributed by atoms with Gasteiger partial charge >= 0.3 is 0 Å². The molecule has 1 aromatic heterocycles. The predicted octanol–water partition coefficient (Wildman–Crippen LogP) is 4.85. The first-order valence-corrected chi connectivity index (χ1v) is 6.73. The summed E-state index contributed by atoms with van der Waals surface area (Å²) >= 11 is 7.18. The fourth-order valence-corrected chi connectivity index (χ4v) is 3.26. The number of halogens is 2. The molecule has 0 aliphatic carbocycles. The van der Waals surface area contributed by atoms with Gasteiger partial charge in [-0.05, 0) is 44.0 Å². The van der Waals surface area contributed by atoms with Crippen LogP contribution in [0.3, 0.4) is 0 Å². The molecule has 3 aromatic rings. The average Bonchev–Trinajstić information content (AvgIpc) is 2.73. The van der Waals surface area contributed by atoms with Gasteiger partial charge in [-0.3, -0.25) is 0 Å². The molecule has 2 nitrogen and oxygen atoms in total. The molecule has 86 valence electrons. The highest BCUT2D eigenvalue weighted by Crippen LogP contribution is 2.41. The summed E-state index contributed by atoms with van der Waals surface area (Å²) in [5.74, 6) is 0.828. The van der Waals surface area contributed by atoms with E-state index in [0.717, 1.165) is 31.1 Å². The third kappa shape index (κ3) is 1.58. The van der Waals surface area contributed by atoms with E-state index in [2.05, 4.69) is 49.0 Å². The van der Waals surface area contributed by atoms with Gasteiger partial charge in [0.1, 0.15) is 5.75 Å². The van der Waals surface area contributed by atoms with E-state index in [1.165, 1.54) is 5.39 Å². The van der Waals surface area contributed by atoms with Gasteiger partial charge < -0.3 is 9.72 Å². The van der Waals surface area contributed by atoms with Crippen LogP contribution in [0.2, 0.25) is 0 Å². The summed E-state index contributed by atoms with van der Waals surface area (Å²) in [6.45, 7) is 0. The minimum absolute atomic E-state index is 0.828. The van der Waals surface area contributed by atoms with Crippen LogP contribution in [0.15, 0.2) is 39.3 Å². The van der Waals surface area contributed by atoms with E-state index in [0.29, 0.717) is 0 Å². The van der Waals surface area contributed by atoms with Gasteiger partial charge in [-0.1, -0.05) is 18.2 Å². The van der Waals surface area contributed by atoms with Gasteiger partial charge in [-0.25, -0.2) is 0 Å². The van der Waals surface area contributed by atoms with Crippen LogP contribution >= 0.6 is 31.9 Å². The molecule has 3 rings (SSSR count). The zero-order valence-corrected chi connectivity index (χ0v) is 12.2. The van der Waals surface area contributed by atoms with Crippen molar-refractivity contribution >= 4 is 53.7 Å². The highest BCUT2D eigenvalue weighted by atomic mass is 79.9. The maximum Gasteiger partial charge on any atom is 0.134 e. The molecule has 0 spiro atoms. The number of methoxy groups -OCH3 is 1. The number of H-pyrrole nitrogens is 1. The molecule has 17 heavy (non-hydrogen) atoms. The number of fused-ring (bicyclic) bond motifs is 3. The molecule has 0 fully saturated rings. The van der Waals surface area contributed by atoms with Gasteiger partial charge in [-0.15, -0.1) is 0 Å². The Balaban J connectivity index is 2.58. The second-order valence-electron chi connectivity index (χ2n) is 3.80. The highest BCUT2D eigenvalue weighted by Gasteiger charge is 2.14. The van der Waals surface area contributed by atoms with E-state index in [9.17, 15) is 0 Å². The first-order chi connectivity index (χ1) is 8.22. The van der Waals surface area contributed by atoms with Crippen LogP contribution in [0.5, 0.6) is 5.75 Å². The van der Waals surface area contributed by atoms with Gasteiger partial charge in [0, 0.05) is 20.8 Å². The molecule has 2 aromatic carbocycles. The Morgan fingerprint density at radius 3 is 2.71 bits per heavy atom. The molecule has 0 saturated carbocycles. The Morgan fingerprint density at radius 2 is 1.94 bits per heavy atom. The van der Waals surface area contributed by atoms with E-state index in [-0.39, 0.29) is 0 Å². The van der Waals surface area contributed by atoms with Crippen molar-refractivity contribution in [2.75, 3.05) is 7.11 Å². The van der Waals surface area contributed by atoms with E-state index < -0.39 is 0 Å². The predicted molar refractivity (Wildman–Crippen MR) is 77.8 cm³/mol. The van der Waals surface area contributed by atoms with Crippen LogP contribution in [-0.4, -0.2) is 12.1 Å². The van der Waals surface area contributed by atoms with Gasteiger partial charge in [0.25, 0.3) is 0 Å². The average molecular weight is 355 g/mol. The van der Waals surface area contributed by atoms with Crippen molar-refractivity contribution in [1.29, 1.82) is 0 Å². The van der Waals surface area contributed by atoms with Gasteiger partial charge in [0.05, 0.1) is 17.1 Å². The lowest BCUT2D eigenvalue weighted by Crippen LogP contribution is -1.85. The third-order valence-corrected chi connectivity index (χ3v) is 4.27. The quantitative estimate of drug-likeness (QED) is 0.663. The summed E-state index contributed by atoms with van der Waals surface area (Å²) in [5, 5.41) is 2.33. The summed E-state index contributed by atoms with van der Waals surface area (Å²) in [4.78, 5) is 3.41. The number of rotatable bonds is 1. The van der Waals surface area contributed by atoms with Gasteiger partial charge in [0.15, 0.2) is 0 Å². The van der Waals surface area contributed by atoms with Gasteiger partial charge in [0.2, 0.25) is 0 Å². The van der Waals surface area contributed by atoms with Crippen molar-refractivity contribution < 1.29 is 4.74 Å². The summed E-state index contributed by atoms with van der Waals surface area (Å²) in [7, 11) is 1.67. The fraction of sp³-hybridized carbons (Fsp3) is 0.0769. The molecule has 0 saturated heterocycles. The Bertz CT molecular complexity index is 718. The van der Waals surface area contributed by atoms with Crippen LogP contribution in [0.1, 0.15) is 0 Å². The van der Waals surface area contributed by atoms with Crippen LogP contribution < -0.4 is 4.74 Å². The van der Waals surface area contributed by atoms with Crippen LogP contribution in [-0.2, 0) is 0 Å². The highest BCUT2D eigenvalue weighted by molar-refractivity contribution is 9.11. The number of ether oxygens (including phenoxy) is 1. The Morgan fingerprint density at radius 1 is 1.18 bits per heavy atom. The maximum atomic E-state index is 5.36. The maximum absolute atomic E-state index is 5.36. The van der Waals surface area contributed by atoms with Crippen molar-refractivity contribution in [2.45, 2.75) is 0 Å². The standard InChI is InChI=1S/C13H9Br2NO/c1-17-10-6-8(14)13-11(12(10)15)7-4-2-3-5-9(7)16-13/h2-6,16H,1H3. The lowest BCUT2D eigenvalue weighted by Gasteiger charge is -2.06. The van der Waals surface area contributed by atoms with Crippen LogP contribution in [0.4, 0.5) is 0 Å². The zero-order chi connectivity index (χ0) is 12.0. The largest absolute Gasteiger partial charge is 0.496 e. The normalized spacial score (nSPS) is 11.2. The Labute approximate surface area is 115 Å². The first-order valence-electron chi connectivity index (χ1n) is 5.15. The van der Waals surface area contributed by atoms with E-state index in [1.807, 2.05) is 18.2 Å². The number of hydrogen-bond acceptors (Lipinski definition) is 1. The van der Waals surface area contributed by atoms with E-state index in [4.69, 9.17) is 4.74 Å². The fourth-order valence-electron chi connectivity index (χ4n) is 2.07. The molecule has 0 unspecified atom stereocenters. The first kappa shape index (κ1) is 11.1. The van der Waals surface area contributed by atoms with Crippen molar-refractivity contribution in [1.82, 2.24) is 4.98 Å². The molecule has 1 N–H and O–H groups in total. The molecule has 1 heterocycles. The number of aromatic nitrogens is 1. The number of para-hydroxylation sites is 1. The lowest BCUT2D eigenvalue weighted by molar-refractivity contribution is 0.412. The molecule has 0 radical (unpaired) electrons. The second kappa shape index (κ2) is 4.03. The smallest absolute Gasteiger partial charge is 0.134 e. The molecule has 4 heteroatoms. The summed E-state index contributed by atoms with van der Waals surface area (Å²) in [5.41, 5.74) is 2.20. The number of nitrogens with one attached hydrogen (secondary N) is 1. The number of aromatic amines is 1. The van der Waals surface area contributed by atoms with E-state index in [1.54, 1.807) is 7.11 Å². The third-order valence-electron chi connectivity index (χ3n) is 2.86. The minimum atomic E-state index is 0.828. The monoisotopic (exact) mass is 353 g/mol. The van der Waals surface area contributed by atoms with Crippen molar-refractivity contribution in [3.8, 4) is 5.75 Å². The molecule has 0 aliphatic rings. The summed E-state index contributed by atoms with van der Waals surface area (Å²) in [6.07, 6.45) is 0. The van der Waals surface area contributed by atoms with Gasteiger partial charge in [-0.2, -0.15) is 0 Å². The number of hydrogen-bond donors (Lipinski definition) is 1. The minimum Gasteiger partial charge on any atom is -0.496 e. The van der Waals surface area contributed by atoms with Crippen molar-refractivity contribution in [3.63, 3.8) is 0 Å². The molecular formula is C13H9Br2NO. The Kier molecular flexibility index (Phi) is 2.64. The summed E-state index contributed by atoms with van der Waals surface area (Å²) < 4.78 is 7.35. The second-order valence-corrected chi connectivity index (χ2v) is 5.44. The van der Waals surface area contributed by atoms with Crippen LogP contribution in [0.25, 0.3) is 21.8 Å². The molecular weight excluding hydrogens is 346 g/mol. The van der Waals surface area contributed by atoms with Crippen LogP contribution in [0, 0.1) is 0 Å². The Hall–Kier alpha value is -1.00. The lowest BCUT2D eigenvalue weighted by atomic mass is 10.1. The topological polar surface area (TPSA) is 25.0 Å². The van der Waals surface area contributed by atoms with Crippen molar-refractivity contribution in [2.24, 2.45) is 0 Å². The molecule has 0 atom stereocenters. The van der Waals surface area contributed by atoms with E-state index >= 15 is 0 Å². The molecule has 0 bridgehead atoms. The van der Waals surface area contributed by atoms with Crippen molar-refractivity contribution in [3.05, 3.63) is 39.3 Å². The molecule has 0 aliphatic heterocycles. The zero-order valence-electron chi connectivity index (χ0n) is 9.05. The summed E-state index contributed by atoms with van der Waals surface area (Å²) in [6, 6.07) is 10.2. The number of benzene rings is 2.